The van der Waals surface area contributed by atoms with Crippen LogP contribution < -0.4 is 10.1 Å². The zero-order valence-corrected chi connectivity index (χ0v) is 13.1. The summed E-state index contributed by atoms with van der Waals surface area (Å²) in [5.41, 5.74) is 2.05. The third kappa shape index (κ3) is 4.10. The van der Waals surface area contributed by atoms with Crippen molar-refractivity contribution in [1.29, 1.82) is 0 Å². The first kappa shape index (κ1) is 16.0. The third-order valence-corrected chi connectivity index (χ3v) is 3.61. The molecule has 124 valence electrons. The monoisotopic (exact) mass is 327 g/mol. The minimum absolute atomic E-state index is 0.0837. The molecule has 1 amide bonds. The molecular weight excluding hydrogens is 309 g/mol. The molecule has 5 nitrogen and oxygen atoms in total. The molecule has 6 heteroatoms. The van der Waals surface area contributed by atoms with E-state index in [-0.39, 0.29) is 18.3 Å². The number of hydrogen-bond donors (Lipinski definition) is 1. The number of hydrogen-bond acceptors (Lipinski definition) is 3. The number of benzene rings is 2. The smallest absolute Gasteiger partial charge is 0.257 e. The Morgan fingerprint density at radius 1 is 1.17 bits per heavy atom. The highest BCUT2D eigenvalue weighted by Crippen LogP contribution is 2.12. The van der Waals surface area contributed by atoms with E-state index in [1.165, 1.54) is 24.3 Å². The highest BCUT2D eigenvalue weighted by atomic mass is 19.1. The lowest BCUT2D eigenvalue weighted by molar-refractivity contribution is -0.123. The van der Waals surface area contributed by atoms with Gasteiger partial charge in [0.25, 0.3) is 5.91 Å². The van der Waals surface area contributed by atoms with Crippen LogP contribution in [0.1, 0.15) is 6.42 Å². The zero-order valence-electron chi connectivity index (χ0n) is 13.1. The van der Waals surface area contributed by atoms with Crippen LogP contribution in [0.4, 0.5) is 4.39 Å². The normalized spacial score (nSPS) is 10.7. The fraction of sp³-hybridized carbons (Fsp3) is 0.222. The maximum Gasteiger partial charge on any atom is 0.257 e. The van der Waals surface area contributed by atoms with Gasteiger partial charge >= 0.3 is 0 Å². The molecular formula is C18H18FN3O2. The minimum atomic E-state index is -0.334. The van der Waals surface area contributed by atoms with Gasteiger partial charge in [0, 0.05) is 13.1 Å². The van der Waals surface area contributed by atoms with Crippen molar-refractivity contribution in [2.45, 2.75) is 13.0 Å². The molecule has 0 bridgehead atoms. The van der Waals surface area contributed by atoms with E-state index in [9.17, 15) is 9.18 Å². The van der Waals surface area contributed by atoms with E-state index >= 15 is 0 Å². The van der Waals surface area contributed by atoms with Gasteiger partial charge < -0.3 is 14.6 Å². The predicted molar refractivity (Wildman–Crippen MR) is 89.3 cm³/mol. The molecule has 0 saturated carbocycles. The van der Waals surface area contributed by atoms with Crippen molar-refractivity contribution in [3.63, 3.8) is 0 Å². The summed E-state index contributed by atoms with van der Waals surface area (Å²) in [5.74, 6) is -0.0647. The summed E-state index contributed by atoms with van der Waals surface area (Å²) in [4.78, 5) is 16.1. The number of halogens is 1. The van der Waals surface area contributed by atoms with E-state index in [4.69, 9.17) is 4.74 Å². The zero-order chi connectivity index (χ0) is 16.8. The topological polar surface area (TPSA) is 56.1 Å². The van der Waals surface area contributed by atoms with Gasteiger partial charge in [0.1, 0.15) is 11.6 Å². The molecule has 0 atom stereocenters. The molecule has 3 aromatic rings. The molecule has 0 spiro atoms. The molecule has 1 aromatic heterocycles. The second kappa shape index (κ2) is 7.59. The lowest BCUT2D eigenvalue weighted by atomic mass is 10.3. The van der Waals surface area contributed by atoms with Crippen LogP contribution in [0.3, 0.4) is 0 Å². The fourth-order valence-electron chi connectivity index (χ4n) is 2.40. The van der Waals surface area contributed by atoms with E-state index in [1.54, 1.807) is 0 Å². The number of aromatic nitrogens is 2. The quantitative estimate of drug-likeness (QED) is 0.679. The van der Waals surface area contributed by atoms with Crippen LogP contribution >= 0.6 is 0 Å². The third-order valence-electron chi connectivity index (χ3n) is 3.61. The first-order chi connectivity index (χ1) is 11.7. The van der Waals surface area contributed by atoms with Crippen molar-refractivity contribution in [3.05, 3.63) is 60.7 Å². The molecule has 0 unspecified atom stereocenters. The first-order valence-corrected chi connectivity index (χ1v) is 7.77. The van der Waals surface area contributed by atoms with Crippen LogP contribution in [0.5, 0.6) is 5.75 Å². The fourth-order valence-corrected chi connectivity index (χ4v) is 2.40. The Balaban J connectivity index is 1.38. The average Bonchev–Trinajstić information content (AvgIpc) is 3.01. The molecule has 2 aromatic carbocycles. The number of aryl methyl sites for hydroxylation is 1. The Kier molecular flexibility index (Phi) is 5.05. The summed E-state index contributed by atoms with van der Waals surface area (Å²) >= 11 is 0. The van der Waals surface area contributed by atoms with Crippen LogP contribution in [0.25, 0.3) is 11.0 Å². The van der Waals surface area contributed by atoms with Crippen molar-refractivity contribution >= 4 is 16.9 Å². The number of rotatable bonds is 7. The number of carbonyl (C=O) groups is 1. The van der Waals surface area contributed by atoms with Gasteiger partial charge in [-0.3, -0.25) is 4.79 Å². The molecule has 0 fully saturated rings. The Morgan fingerprint density at radius 2 is 1.96 bits per heavy atom. The number of ether oxygens (including phenoxy) is 1. The van der Waals surface area contributed by atoms with Crippen LogP contribution in [-0.2, 0) is 11.3 Å². The Bertz CT molecular complexity index is 815. The largest absolute Gasteiger partial charge is 0.484 e. The summed E-state index contributed by atoms with van der Waals surface area (Å²) in [6, 6.07) is 13.5. The SMILES string of the molecule is O=C(COc1ccc(F)cc1)NCCCn1cnc2ccccc21. The molecule has 3 rings (SSSR count). The van der Waals surface area contributed by atoms with Gasteiger partial charge in [0.15, 0.2) is 6.61 Å². The maximum absolute atomic E-state index is 12.8. The number of nitrogens with one attached hydrogen (secondary N) is 1. The van der Waals surface area contributed by atoms with Crippen molar-refractivity contribution in [1.82, 2.24) is 14.9 Å². The standard InChI is InChI=1S/C18H18FN3O2/c19-14-6-8-15(9-7-14)24-12-18(23)20-10-3-11-22-13-21-16-4-1-2-5-17(16)22/h1-2,4-9,13H,3,10-12H2,(H,20,23). The molecule has 0 saturated heterocycles. The van der Waals surface area contributed by atoms with E-state index in [0.717, 1.165) is 24.0 Å². The average molecular weight is 327 g/mol. The summed E-state index contributed by atoms with van der Waals surface area (Å²) in [7, 11) is 0. The van der Waals surface area contributed by atoms with Gasteiger partial charge in [0.2, 0.25) is 0 Å². The predicted octanol–water partition coefficient (Wildman–Crippen LogP) is 2.76. The number of para-hydroxylation sites is 2. The maximum atomic E-state index is 12.8. The molecule has 1 N–H and O–H groups in total. The van der Waals surface area contributed by atoms with Crippen molar-refractivity contribution in [3.8, 4) is 5.75 Å². The van der Waals surface area contributed by atoms with Crippen molar-refractivity contribution in [2.24, 2.45) is 0 Å². The molecule has 0 aliphatic carbocycles. The number of fused-ring (bicyclic) bond motifs is 1. The second-order valence-corrected chi connectivity index (χ2v) is 5.37. The van der Waals surface area contributed by atoms with Gasteiger partial charge in [0.05, 0.1) is 17.4 Å². The number of amides is 1. The summed E-state index contributed by atoms with van der Waals surface area (Å²) in [6.07, 6.45) is 2.60. The Morgan fingerprint density at radius 3 is 2.79 bits per heavy atom. The van der Waals surface area contributed by atoms with Gasteiger partial charge in [-0.2, -0.15) is 0 Å². The van der Waals surface area contributed by atoms with E-state index in [1.807, 2.05) is 30.6 Å². The first-order valence-electron chi connectivity index (χ1n) is 7.77. The van der Waals surface area contributed by atoms with E-state index < -0.39 is 0 Å². The molecule has 1 heterocycles. The Labute approximate surface area is 139 Å². The lowest BCUT2D eigenvalue weighted by Gasteiger charge is -2.08. The van der Waals surface area contributed by atoms with Gasteiger partial charge in [-0.25, -0.2) is 9.37 Å². The summed E-state index contributed by atoms with van der Waals surface area (Å²) < 4.78 is 20.1. The number of nitrogens with zero attached hydrogens (tertiary/aromatic N) is 2. The van der Waals surface area contributed by atoms with Crippen LogP contribution in [0, 0.1) is 5.82 Å². The van der Waals surface area contributed by atoms with Crippen molar-refractivity contribution in [2.75, 3.05) is 13.2 Å². The molecule has 0 aliphatic rings. The van der Waals surface area contributed by atoms with Crippen LogP contribution in [-0.4, -0.2) is 28.6 Å². The highest BCUT2D eigenvalue weighted by molar-refractivity contribution is 5.77. The number of imidazole rings is 1. The highest BCUT2D eigenvalue weighted by Gasteiger charge is 2.04. The summed E-state index contributed by atoms with van der Waals surface area (Å²) in [5, 5.41) is 2.80. The van der Waals surface area contributed by atoms with Crippen molar-refractivity contribution < 1.29 is 13.9 Å². The van der Waals surface area contributed by atoms with E-state index in [2.05, 4.69) is 14.9 Å². The number of carbonyl (C=O) groups excluding carboxylic acids is 1. The van der Waals surface area contributed by atoms with Gasteiger partial charge in [-0.15, -0.1) is 0 Å². The minimum Gasteiger partial charge on any atom is -0.484 e. The van der Waals surface area contributed by atoms with Gasteiger partial charge in [-0.1, -0.05) is 12.1 Å². The second-order valence-electron chi connectivity index (χ2n) is 5.37. The van der Waals surface area contributed by atoms with Crippen LogP contribution in [0.15, 0.2) is 54.9 Å². The molecule has 0 aliphatic heterocycles. The summed E-state index contributed by atoms with van der Waals surface area (Å²) in [6.45, 7) is 1.25. The van der Waals surface area contributed by atoms with E-state index in [0.29, 0.717) is 12.3 Å². The van der Waals surface area contributed by atoms with Gasteiger partial charge in [-0.05, 0) is 42.8 Å². The Hall–Kier alpha value is -2.89. The molecule has 24 heavy (non-hydrogen) atoms. The van der Waals surface area contributed by atoms with Crippen LogP contribution in [0.2, 0.25) is 0 Å². The lowest BCUT2D eigenvalue weighted by Crippen LogP contribution is -2.30. The molecule has 0 radical (unpaired) electrons.